The highest BCUT2D eigenvalue weighted by Crippen LogP contribution is 2.26. The summed E-state index contributed by atoms with van der Waals surface area (Å²) in [5, 5.41) is 7.44. The topological polar surface area (TPSA) is 29.9 Å². The number of nitrogens with one attached hydrogen (secondary N) is 1. The summed E-state index contributed by atoms with van der Waals surface area (Å²) < 4.78 is 1.98. The highest BCUT2D eigenvalue weighted by atomic mass is 15.5. The van der Waals surface area contributed by atoms with Crippen LogP contribution in [0.25, 0.3) is 0 Å². The predicted molar refractivity (Wildman–Crippen MR) is 35.3 cm³/mol. The maximum Gasteiger partial charge on any atom is 0.128 e. The molecule has 0 bridgehead atoms. The first kappa shape index (κ1) is 4.85. The van der Waals surface area contributed by atoms with E-state index in [9.17, 15) is 0 Å². The summed E-state index contributed by atoms with van der Waals surface area (Å²) in [7, 11) is 0. The molecule has 0 saturated heterocycles. The van der Waals surface area contributed by atoms with E-state index in [-0.39, 0.29) is 0 Å². The van der Waals surface area contributed by atoms with Crippen molar-refractivity contribution < 1.29 is 0 Å². The molecule has 2 rings (SSSR count). The second-order valence-corrected chi connectivity index (χ2v) is 2.44. The molecule has 0 aliphatic carbocycles. The van der Waals surface area contributed by atoms with Crippen LogP contribution in [-0.2, 0) is 0 Å². The third kappa shape index (κ3) is 0.487. The van der Waals surface area contributed by atoms with Gasteiger partial charge in [0.15, 0.2) is 0 Å². The van der Waals surface area contributed by atoms with Crippen LogP contribution in [0.3, 0.4) is 0 Å². The average Bonchev–Trinajstić information content (AvgIpc) is 2.08. The molecule has 9 heavy (non-hydrogen) atoms. The summed E-state index contributed by atoms with van der Waals surface area (Å²) in [5.74, 6) is 1.14. The Bertz CT molecular complexity index is 238. The van der Waals surface area contributed by atoms with Crippen LogP contribution in [0, 0.1) is 6.92 Å². The number of aromatic nitrogens is 2. The van der Waals surface area contributed by atoms with Crippen molar-refractivity contribution in [1.29, 1.82) is 0 Å². The van der Waals surface area contributed by atoms with Gasteiger partial charge in [0.1, 0.15) is 12.0 Å². The lowest BCUT2D eigenvalue weighted by Gasteiger charge is -2.26. The van der Waals surface area contributed by atoms with E-state index in [0.29, 0.717) is 6.17 Å². The van der Waals surface area contributed by atoms with Crippen LogP contribution in [0.4, 0.5) is 5.82 Å². The van der Waals surface area contributed by atoms with Gasteiger partial charge >= 0.3 is 0 Å². The molecule has 1 N–H and O–H groups in total. The fraction of sp³-hybridized carbons (Fsp3) is 0.500. The molecule has 1 atom stereocenters. The second kappa shape index (κ2) is 1.29. The summed E-state index contributed by atoms with van der Waals surface area (Å²) in [4.78, 5) is 0. The Hall–Kier alpha value is -0.990. The minimum atomic E-state index is 0.397. The van der Waals surface area contributed by atoms with Gasteiger partial charge in [0.2, 0.25) is 0 Å². The molecule has 1 aromatic rings. The van der Waals surface area contributed by atoms with Gasteiger partial charge in [0.05, 0.1) is 5.69 Å². The Morgan fingerprint density at radius 3 is 3.00 bits per heavy atom. The van der Waals surface area contributed by atoms with E-state index in [1.807, 2.05) is 17.7 Å². The minimum Gasteiger partial charge on any atom is -0.349 e. The third-order valence-electron chi connectivity index (χ3n) is 1.58. The molecule has 3 nitrogen and oxygen atoms in total. The van der Waals surface area contributed by atoms with Crippen LogP contribution in [0.1, 0.15) is 18.8 Å². The van der Waals surface area contributed by atoms with Crippen LogP contribution in [0.2, 0.25) is 0 Å². The summed E-state index contributed by atoms with van der Waals surface area (Å²) in [6, 6.07) is 2.04. The normalized spacial score (nSPS) is 22.2. The number of fused-ring (bicyclic) bond motifs is 1. The second-order valence-electron chi connectivity index (χ2n) is 2.44. The monoisotopic (exact) mass is 123 g/mol. The van der Waals surface area contributed by atoms with Crippen molar-refractivity contribution >= 4 is 5.82 Å². The molecule has 48 valence electrons. The first-order chi connectivity index (χ1) is 4.27. The van der Waals surface area contributed by atoms with E-state index in [4.69, 9.17) is 0 Å². The minimum absolute atomic E-state index is 0.397. The summed E-state index contributed by atoms with van der Waals surface area (Å²) >= 11 is 0. The van der Waals surface area contributed by atoms with Gasteiger partial charge in [-0.2, -0.15) is 5.10 Å². The molecule has 2 heterocycles. The maximum atomic E-state index is 4.23. The van der Waals surface area contributed by atoms with Crippen molar-refractivity contribution in [1.82, 2.24) is 9.78 Å². The van der Waals surface area contributed by atoms with Gasteiger partial charge < -0.3 is 5.32 Å². The molecule has 0 fully saturated rings. The lowest BCUT2D eigenvalue weighted by molar-refractivity contribution is 0.481. The molecule has 1 unspecified atom stereocenters. The number of rotatable bonds is 0. The Balaban J connectivity index is 2.51. The molecule has 1 aromatic heterocycles. The van der Waals surface area contributed by atoms with Crippen LogP contribution in [-0.4, -0.2) is 9.78 Å². The highest BCUT2D eigenvalue weighted by Gasteiger charge is 2.20. The molecular formula is C6H9N3. The van der Waals surface area contributed by atoms with Crippen molar-refractivity contribution in [2.75, 3.05) is 5.32 Å². The van der Waals surface area contributed by atoms with Gasteiger partial charge in [0, 0.05) is 6.07 Å². The van der Waals surface area contributed by atoms with E-state index < -0.39 is 0 Å². The zero-order chi connectivity index (χ0) is 6.43. The number of hydrogen-bond acceptors (Lipinski definition) is 2. The number of hydrogen-bond donors (Lipinski definition) is 1. The molecule has 1 aliphatic rings. The number of anilines is 1. The van der Waals surface area contributed by atoms with E-state index in [0.717, 1.165) is 11.5 Å². The quantitative estimate of drug-likeness (QED) is 0.560. The fourth-order valence-corrected chi connectivity index (χ4v) is 1.13. The molecular weight excluding hydrogens is 114 g/mol. The zero-order valence-corrected chi connectivity index (χ0v) is 5.55. The molecule has 3 heteroatoms. The third-order valence-corrected chi connectivity index (χ3v) is 1.58. The average molecular weight is 123 g/mol. The first-order valence-corrected chi connectivity index (χ1v) is 3.10. The smallest absolute Gasteiger partial charge is 0.128 e. The van der Waals surface area contributed by atoms with Crippen LogP contribution in [0.15, 0.2) is 6.07 Å². The van der Waals surface area contributed by atoms with E-state index in [2.05, 4.69) is 17.3 Å². The summed E-state index contributed by atoms with van der Waals surface area (Å²) in [6.45, 7) is 4.08. The Labute approximate surface area is 53.7 Å². The van der Waals surface area contributed by atoms with Crippen molar-refractivity contribution in [3.05, 3.63) is 11.8 Å². The molecule has 1 aliphatic heterocycles. The zero-order valence-electron chi connectivity index (χ0n) is 5.55. The Kier molecular flexibility index (Phi) is 0.695. The number of nitrogens with zero attached hydrogens (tertiary/aromatic N) is 2. The SMILES string of the molecule is Cc1cc2n(n1)C(C)N2. The largest absolute Gasteiger partial charge is 0.349 e. The van der Waals surface area contributed by atoms with Crippen LogP contribution < -0.4 is 5.32 Å². The van der Waals surface area contributed by atoms with Crippen molar-refractivity contribution in [3.8, 4) is 0 Å². The molecule has 0 aromatic carbocycles. The standard InChI is InChI=1S/C6H9N3/c1-4-3-6-7-5(2)9(6)8-4/h3,5,7H,1-2H3. The van der Waals surface area contributed by atoms with E-state index in [1.54, 1.807) is 0 Å². The van der Waals surface area contributed by atoms with E-state index in [1.165, 1.54) is 0 Å². The van der Waals surface area contributed by atoms with Gasteiger partial charge in [-0.1, -0.05) is 0 Å². The van der Waals surface area contributed by atoms with Gasteiger partial charge in [-0.15, -0.1) is 0 Å². The fourth-order valence-electron chi connectivity index (χ4n) is 1.13. The maximum absolute atomic E-state index is 4.23. The molecule has 0 amide bonds. The number of aryl methyl sites for hydroxylation is 1. The van der Waals surface area contributed by atoms with Crippen LogP contribution in [0.5, 0.6) is 0 Å². The van der Waals surface area contributed by atoms with Gasteiger partial charge in [-0.25, -0.2) is 4.68 Å². The van der Waals surface area contributed by atoms with Crippen molar-refractivity contribution in [2.45, 2.75) is 20.0 Å². The van der Waals surface area contributed by atoms with Gasteiger partial charge in [0.25, 0.3) is 0 Å². The molecule has 0 saturated carbocycles. The molecule has 0 spiro atoms. The van der Waals surface area contributed by atoms with Crippen LogP contribution >= 0.6 is 0 Å². The summed E-state index contributed by atoms with van der Waals surface area (Å²) in [6.07, 6.45) is 0.397. The van der Waals surface area contributed by atoms with Crippen molar-refractivity contribution in [3.63, 3.8) is 0 Å². The Morgan fingerprint density at radius 1 is 1.78 bits per heavy atom. The highest BCUT2D eigenvalue weighted by molar-refractivity contribution is 5.44. The van der Waals surface area contributed by atoms with Gasteiger partial charge in [-0.05, 0) is 13.8 Å². The van der Waals surface area contributed by atoms with E-state index >= 15 is 0 Å². The lowest BCUT2D eigenvalue weighted by Crippen LogP contribution is -2.28. The van der Waals surface area contributed by atoms with Crippen molar-refractivity contribution in [2.24, 2.45) is 0 Å². The summed E-state index contributed by atoms with van der Waals surface area (Å²) in [5.41, 5.74) is 1.09. The Morgan fingerprint density at radius 2 is 2.56 bits per heavy atom. The lowest BCUT2D eigenvalue weighted by atomic mass is 10.4. The van der Waals surface area contributed by atoms with Gasteiger partial charge in [-0.3, -0.25) is 0 Å². The molecule has 0 radical (unpaired) electrons. The first-order valence-electron chi connectivity index (χ1n) is 3.10. The predicted octanol–water partition coefficient (Wildman–Crippen LogP) is 1.14.